The highest BCUT2D eigenvalue weighted by molar-refractivity contribution is 5.68. The Morgan fingerprint density at radius 2 is 2.21 bits per heavy atom. The molecule has 1 rings (SSSR count). The van der Waals surface area contributed by atoms with Crippen molar-refractivity contribution in [3.05, 3.63) is 12.2 Å². The van der Waals surface area contributed by atoms with Crippen LogP contribution in [-0.4, -0.2) is 35.7 Å². The molecule has 1 aliphatic heterocycles. The van der Waals surface area contributed by atoms with E-state index in [-0.39, 0.29) is 12.1 Å². The Morgan fingerprint density at radius 3 is 2.71 bits per heavy atom. The normalized spacial score (nSPS) is 22.3. The van der Waals surface area contributed by atoms with Gasteiger partial charge in [0, 0.05) is 19.1 Å². The highest BCUT2D eigenvalue weighted by atomic mass is 16.6. The second-order valence-corrected chi connectivity index (χ2v) is 4.48. The summed E-state index contributed by atoms with van der Waals surface area (Å²) in [6.45, 7) is 6.67. The van der Waals surface area contributed by atoms with Crippen molar-refractivity contribution in [3.63, 3.8) is 0 Å². The van der Waals surface area contributed by atoms with Gasteiger partial charge in [0.15, 0.2) is 0 Å². The Labute approximate surface area is 84.7 Å². The van der Waals surface area contributed by atoms with Crippen LogP contribution in [0.2, 0.25) is 0 Å². The van der Waals surface area contributed by atoms with Crippen LogP contribution in [0, 0.1) is 0 Å². The second kappa shape index (κ2) is 4.00. The molecule has 1 atom stereocenters. The van der Waals surface area contributed by atoms with Crippen LogP contribution in [0.1, 0.15) is 20.8 Å². The first-order valence-electron chi connectivity index (χ1n) is 4.78. The summed E-state index contributed by atoms with van der Waals surface area (Å²) in [5.74, 6) is 0. The average molecular weight is 198 g/mol. The van der Waals surface area contributed by atoms with Crippen LogP contribution < -0.4 is 5.73 Å². The molecule has 0 saturated carbocycles. The van der Waals surface area contributed by atoms with Gasteiger partial charge in [-0.15, -0.1) is 0 Å². The predicted octanol–water partition coefficient (Wildman–Crippen LogP) is 1.12. The van der Waals surface area contributed by atoms with Crippen molar-refractivity contribution in [2.75, 3.05) is 13.1 Å². The van der Waals surface area contributed by atoms with Gasteiger partial charge >= 0.3 is 6.09 Å². The first-order chi connectivity index (χ1) is 6.38. The number of nitrogens with zero attached hydrogens (tertiary/aromatic N) is 1. The quantitative estimate of drug-likeness (QED) is 0.593. The van der Waals surface area contributed by atoms with Crippen molar-refractivity contribution in [3.8, 4) is 0 Å². The van der Waals surface area contributed by atoms with Gasteiger partial charge in [-0.25, -0.2) is 4.79 Å². The lowest BCUT2D eigenvalue weighted by Gasteiger charge is -2.29. The fraction of sp³-hybridized carbons (Fsp3) is 0.700. The van der Waals surface area contributed by atoms with Gasteiger partial charge in [-0.1, -0.05) is 12.2 Å². The summed E-state index contributed by atoms with van der Waals surface area (Å²) < 4.78 is 5.22. The first kappa shape index (κ1) is 11.0. The Morgan fingerprint density at radius 1 is 1.57 bits per heavy atom. The van der Waals surface area contributed by atoms with Crippen LogP contribution in [0.25, 0.3) is 0 Å². The lowest BCUT2D eigenvalue weighted by molar-refractivity contribution is 0.0260. The molecule has 1 amide bonds. The fourth-order valence-electron chi connectivity index (χ4n) is 1.23. The average Bonchev–Trinajstić information content (AvgIpc) is 2.01. The molecular weight excluding hydrogens is 180 g/mol. The molecule has 0 bridgehead atoms. The molecular formula is C10H18N2O2. The van der Waals surface area contributed by atoms with Crippen LogP contribution in [0.15, 0.2) is 12.2 Å². The zero-order valence-electron chi connectivity index (χ0n) is 8.99. The van der Waals surface area contributed by atoms with Gasteiger partial charge in [-0.3, -0.25) is 0 Å². The Kier molecular flexibility index (Phi) is 3.16. The van der Waals surface area contributed by atoms with E-state index in [0.29, 0.717) is 13.1 Å². The van der Waals surface area contributed by atoms with Gasteiger partial charge in [0.25, 0.3) is 0 Å². The minimum absolute atomic E-state index is 0.0729. The highest BCUT2D eigenvalue weighted by Crippen LogP contribution is 2.11. The van der Waals surface area contributed by atoms with E-state index < -0.39 is 5.60 Å². The molecule has 80 valence electrons. The van der Waals surface area contributed by atoms with Crippen molar-refractivity contribution in [2.45, 2.75) is 32.4 Å². The minimum Gasteiger partial charge on any atom is -0.444 e. The van der Waals surface area contributed by atoms with Gasteiger partial charge in [0.2, 0.25) is 0 Å². The molecule has 14 heavy (non-hydrogen) atoms. The number of hydrogen-bond acceptors (Lipinski definition) is 3. The molecule has 0 aromatic rings. The molecule has 0 fully saturated rings. The topological polar surface area (TPSA) is 55.6 Å². The number of amides is 1. The number of nitrogens with two attached hydrogens (primary N) is 1. The molecule has 1 aliphatic rings. The second-order valence-electron chi connectivity index (χ2n) is 4.48. The third kappa shape index (κ3) is 3.38. The van der Waals surface area contributed by atoms with Gasteiger partial charge in [-0.05, 0) is 20.8 Å². The van der Waals surface area contributed by atoms with Crippen molar-refractivity contribution in [1.82, 2.24) is 4.90 Å². The van der Waals surface area contributed by atoms with E-state index in [4.69, 9.17) is 10.5 Å². The molecule has 1 heterocycles. The molecule has 4 heteroatoms. The van der Waals surface area contributed by atoms with Crippen LogP contribution in [-0.2, 0) is 4.74 Å². The van der Waals surface area contributed by atoms with Gasteiger partial charge in [-0.2, -0.15) is 0 Å². The van der Waals surface area contributed by atoms with Crippen LogP contribution in [0.3, 0.4) is 0 Å². The van der Waals surface area contributed by atoms with E-state index in [1.807, 2.05) is 32.9 Å². The van der Waals surface area contributed by atoms with E-state index in [9.17, 15) is 4.79 Å². The van der Waals surface area contributed by atoms with Gasteiger partial charge in [0.05, 0.1) is 0 Å². The van der Waals surface area contributed by atoms with E-state index in [1.54, 1.807) is 4.90 Å². The number of carbonyl (C=O) groups excluding carboxylic acids is 1. The Hall–Kier alpha value is -1.03. The van der Waals surface area contributed by atoms with Gasteiger partial charge < -0.3 is 15.4 Å². The predicted molar refractivity (Wildman–Crippen MR) is 54.9 cm³/mol. The Bertz CT molecular complexity index is 243. The fourth-order valence-corrected chi connectivity index (χ4v) is 1.23. The summed E-state index contributed by atoms with van der Waals surface area (Å²) in [5, 5.41) is 0. The maximum Gasteiger partial charge on any atom is 0.410 e. The molecule has 2 N–H and O–H groups in total. The monoisotopic (exact) mass is 198 g/mol. The molecule has 0 radical (unpaired) electrons. The zero-order valence-corrected chi connectivity index (χ0v) is 8.99. The van der Waals surface area contributed by atoms with Crippen molar-refractivity contribution < 1.29 is 9.53 Å². The first-order valence-corrected chi connectivity index (χ1v) is 4.78. The summed E-state index contributed by atoms with van der Waals surface area (Å²) in [4.78, 5) is 13.2. The summed E-state index contributed by atoms with van der Waals surface area (Å²) in [6.07, 6.45) is 3.50. The summed E-state index contributed by atoms with van der Waals surface area (Å²) in [6, 6.07) is -0.0729. The standard InChI is InChI=1S/C10H18N2O2/c1-10(2,3)14-9(13)12-6-4-5-8(11)7-12/h4-5,8H,6-7,11H2,1-3H3/t8-/m1/s1. The van der Waals surface area contributed by atoms with E-state index in [2.05, 4.69) is 0 Å². The maximum atomic E-state index is 11.6. The number of hydrogen-bond donors (Lipinski definition) is 1. The number of carbonyl (C=O) groups is 1. The van der Waals surface area contributed by atoms with E-state index in [1.165, 1.54) is 0 Å². The lowest BCUT2D eigenvalue weighted by atomic mass is 10.2. The molecule has 0 spiro atoms. The van der Waals surface area contributed by atoms with Crippen LogP contribution in [0.4, 0.5) is 4.79 Å². The third-order valence-electron chi connectivity index (χ3n) is 1.79. The maximum absolute atomic E-state index is 11.6. The molecule has 0 aromatic carbocycles. The zero-order chi connectivity index (χ0) is 10.8. The minimum atomic E-state index is -0.442. The SMILES string of the molecule is CC(C)(C)OC(=O)N1CC=C[C@@H](N)C1. The molecule has 0 aromatic heterocycles. The third-order valence-corrected chi connectivity index (χ3v) is 1.79. The smallest absolute Gasteiger partial charge is 0.410 e. The Balaban J connectivity index is 2.50. The largest absolute Gasteiger partial charge is 0.444 e. The van der Waals surface area contributed by atoms with Crippen LogP contribution >= 0.6 is 0 Å². The summed E-state index contributed by atoms with van der Waals surface area (Å²) >= 11 is 0. The van der Waals surface area contributed by atoms with Crippen molar-refractivity contribution >= 4 is 6.09 Å². The van der Waals surface area contributed by atoms with E-state index >= 15 is 0 Å². The molecule has 0 unspecified atom stereocenters. The van der Waals surface area contributed by atoms with Crippen molar-refractivity contribution in [2.24, 2.45) is 5.73 Å². The van der Waals surface area contributed by atoms with E-state index in [0.717, 1.165) is 0 Å². The molecule has 0 saturated heterocycles. The van der Waals surface area contributed by atoms with Gasteiger partial charge in [0.1, 0.15) is 5.60 Å². The molecule has 4 nitrogen and oxygen atoms in total. The molecule has 0 aliphatic carbocycles. The summed E-state index contributed by atoms with van der Waals surface area (Å²) in [7, 11) is 0. The number of ether oxygens (including phenoxy) is 1. The van der Waals surface area contributed by atoms with Crippen LogP contribution in [0.5, 0.6) is 0 Å². The lowest BCUT2D eigenvalue weighted by Crippen LogP contribution is -2.45. The number of rotatable bonds is 0. The van der Waals surface area contributed by atoms with Crippen molar-refractivity contribution in [1.29, 1.82) is 0 Å². The highest BCUT2D eigenvalue weighted by Gasteiger charge is 2.23. The summed E-state index contributed by atoms with van der Waals surface area (Å²) in [5.41, 5.74) is 5.25.